The van der Waals surface area contributed by atoms with Crippen molar-refractivity contribution in [2.45, 2.75) is 39.2 Å². The predicted octanol–water partition coefficient (Wildman–Crippen LogP) is 2.33. The molecule has 0 fully saturated rings. The van der Waals surface area contributed by atoms with Crippen molar-refractivity contribution in [2.75, 3.05) is 12.8 Å². The molecule has 0 unspecified atom stereocenters. The fourth-order valence-corrected chi connectivity index (χ4v) is 1.68. The molecule has 5 heteroatoms. The number of hydrogen-bond acceptors (Lipinski definition) is 5. The molecule has 0 saturated carbocycles. The minimum atomic E-state index is -0.491. The lowest BCUT2D eigenvalue weighted by molar-refractivity contribution is -0.154. The SMILES string of the molecule is COC(=O)c1cc(CCC(=O)OC(C)(C)C)ccc1N. The number of anilines is 1. The molecule has 110 valence electrons. The summed E-state index contributed by atoms with van der Waals surface area (Å²) < 4.78 is 9.88. The van der Waals surface area contributed by atoms with Gasteiger partial charge in [0.1, 0.15) is 5.60 Å². The molecule has 2 N–H and O–H groups in total. The van der Waals surface area contributed by atoms with E-state index in [1.54, 1.807) is 18.2 Å². The fourth-order valence-electron chi connectivity index (χ4n) is 1.68. The van der Waals surface area contributed by atoms with Crippen LogP contribution in [0.1, 0.15) is 43.1 Å². The average molecular weight is 279 g/mol. The second-order valence-corrected chi connectivity index (χ2v) is 5.50. The molecule has 20 heavy (non-hydrogen) atoms. The van der Waals surface area contributed by atoms with Gasteiger partial charge in [-0.15, -0.1) is 0 Å². The number of carbonyl (C=O) groups excluding carboxylic acids is 2. The van der Waals surface area contributed by atoms with Crippen LogP contribution < -0.4 is 5.73 Å². The first kappa shape index (κ1) is 16.0. The van der Waals surface area contributed by atoms with Crippen LogP contribution in [0.15, 0.2) is 18.2 Å². The number of carbonyl (C=O) groups is 2. The number of esters is 2. The summed E-state index contributed by atoms with van der Waals surface area (Å²) in [6, 6.07) is 5.06. The van der Waals surface area contributed by atoms with Crippen molar-refractivity contribution in [1.29, 1.82) is 0 Å². The van der Waals surface area contributed by atoms with Crippen LogP contribution >= 0.6 is 0 Å². The summed E-state index contributed by atoms with van der Waals surface area (Å²) in [6.45, 7) is 5.47. The normalized spacial score (nSPS) is 11.0. The molecule has 1 rings (SSSR count). The van der Waals surface area contributed by atoms with Gasteiger partial charge in [-0.05, 0) is 44.9 Å². The van der Waals surface area contributed by atoms with E-state index in [9.17, 15) is 9.59 Å². The van der Waals surface area contributed by atoms with Crippen molar-refractivity contribution in [1.82, 2.24) is 0 Å². The van der Waals surface area contributed by atoms with Gasteiger partial charge in [0.05, 0.1) is 12.7 Å². The van der Waals surface area contributed by atoms with E-state index in [2.05, 4.69) is 4.74 Å². The number of methoxy groups -OCH3 is 1. The third kappa shape index (κ3) is 4.91. The van der Waals surface area contributed by atoms with Gasteiger partial charge < -0.3 is 15.2 Å². The average Bonchev–Trinajstić information content (AvgIpc) is 2.35. The summed E-state index contributed by atoms with van der Waals surface area (Å²) in [6.07, 6.45) is 0.737. The zero-order chi connectivity index (χ0) is 15.3. The summed E-state index contributed by atoms with van der Waals surface area (Å²) in [5, 5.41) is 0. The standard InChI is InChI=1S/C15H21NO4/c1-15(2,3)20-13(17)8-6-10-5-7-12(16)11(9-10)14(18)19-4/h5,7,9H,6,8,16H2,1-4H3. The van der Waals surface area contributed by atoms with E-state index in [4.69, 9.17) is 10.5 Å². The van der Waals surface area contributed by atoms with Gasteiger partial charge in [0.2, 0.25) is 0 Å². The quantitative estimate of drug-likeness (QED) is 0.676. The Morgan fingerprint density at radius 1 is 1.25 bits per heavy atom. The summed E-state index contributed by atoms with van der Waals surface area (Å²) in [4.78, 5) is 23.2. The minimum Gasteiger partial charge on any atom is -0.465 e. The Kier molecular flexibility index (Phi) is 5.13. The molecule has 0 bridgehead atoms. The Morgan fingerprint density at radius 2 is 1.90 bits per heavy atom. The number of benzene rings is 1. The van der Waals surface area contributed by atoms with Crippen LogP contribution in [0.4, 0.5) is 5.69 Å². The van der Waals surface area contributed by atoms with E-state index in [0.29, 0.717) is 17.7 Å². The van der Waals surface area contributed by atoms with Crippen molar-refractivity contribution in [2.24, 2.45) is 0 Å². The predicted molar refractivity (Wildman–Crippen MR) is 76.4 cm³/mol. The summed E-state index contributed by atoms with van der Waals surface area (Å²) in [5.74, 6) is -0.754. The molecule has 0 aliphatic heterocycles. The van der Waals surface area contributed by atoms with Gasteiger partial charge in [-0.2, -0.15) is 0 Å². The number of aryl methyl sites for hydroxylation is 1. The molecular weight excluding hydrogens is 258 g/mol. The monoisotopic (exact) mass is 279 g/mol. The molecule has 1 aromatic rings. The van der Waals surface area contributed by atoms with Gasteiger partial charge >= 0.3 is 11.9 Å². The number of nitrogen functional groups attached to an aromatic ring is 1. The van der Waals surface area contributed by atoms with E-state index in [-0.39, 0.29) is 12.4 Å². The van der Waals surface area contributed by atoms with Gasteiger partial charge in [-0.3, -0.25) is 4.79 Å². The van der Waals surface area contributed by atoms with E-state index < -0.39 is 11.6 Å². The maximum atomic E-state index is 11.6. The first-order valence-electron chi connectivity index (χ1n) is 6.41. The van der Waals surface area contributed by atoms with Crippen LogP contribution in [0.3, 0.4) is 0 Å². The van der Waals surface area contributed by atoms with Crippen molar-refractivity contribution in [3.8, 4) is 0 Å². The summed E-state index contributed by atoms with van der Waals surface area (Å²) >= 11 is 0. The number of nitrogens with two attached hydrogens (primary N) is 1. The lowest BCUT2D eigenvalue weighted by Gasteiger charge is -2.19. The largest absolute Gasteiger partial charge is 0.465 e. The molecule has 5 nitrogen and oxygen atoms in total. The molecule has 0 aliphatic carbocycles. The molecule has 1 aromatic carbocycles. The van der Waals surface area contributed by atoms with Crippen LogP contribution in [0, 0.1) is 0 Å². The van der Waals surface area contributed by atoms with Crippen LogP contribution in [-0.2, 0) is 20.7 Å². The highest BCUT2D eigenvalue weighted by Gasteiger charge is 2.16. The van der Waals surface area contributed by atoms with Crippen LogP contribution in [0.25, 0.3) is 0 Å². The number of hydrogen-bond donors (Lipinski definition) is 1. The highest BCUT2D eigenvalue weighted by atomic mass is 16.6. The van der Waals surface area contributed by atoms with Crippen molar-refractivity contribution < 1.29 is 19.1 Å². The molecule has 0 atom stereocenters. The van der Waals surface area contributed by atoms with Crippen molar-refractivity contribution in [3.63, 3.8) is 0 Å². The Hall–Kier alpha value is -2.04. The Morgan fingerprint density at radius 3 is 2.45 bits per heavy atom. The minimum absolute atomic E-state index is 0.252. The van der Waals surface area contributed by atoms with Crippen molar-refractivity contribution >= 4 is 17.6 Å². The van der Waals surface area contributed by atoms with Crippen LogP contribution in [0.5, 0.6) is 0 Å². The number of rotatable bonds is 4. The molecule has 0 amide bonds. The summed E-state index contributed by atoms with van der Waals surface area (Å²) in [5.41, 5.74) is 6.73. The van der Waals surface area contributed by atoms with E-state index in [1.807, 2.05) is 20.8 Å². The van der Waals surface area contributed by atoms with E-state index >= 15 is 0 Å². The Bertz CT molecular complexity index is 503. The van der Waals surface area contributed by atoms with E-state index in [1.165, 1.54) is 7.11 Å². The summed E-state index contributed by atoms with van der Waals surface area (Å²) in [7, 11) is 1.30. The van der Waals surface area contributed by atoms with Gasteiger partial charge in [0.15, 0.2) is 0 Å². The maximum Gasteiger partial charge on any atom is 0.339 e. The zero-order valence-corrected chi connectivity index (χ0v) is 12.4. The highest BCUT2D eigenvalue weighted by Crippen LogP contribution is 2.17. The van der Waals surface area contributed by atoms with Crippen LogP contribution in [0.2, 0.25) is 0 Å². The maximum absolute atomic E-state index is 11.6. The molecule has 0 saturated heterocycles. The Labute approximate surface area is 119 Å². The fraction of sp³-hybridized carbons (Fsp3) is 0.467. The smallest absolute Gasteiger partial charge is 0.339 e. The highest BCUT2D eigenvalue weighted by molar-refractivity contribution is 5.95. The van der Waals surface area contributed by atoms with Gasteiger partial charge in [-0.1, -0.05) is 6.07 Å². The molecule has 0 spiro atoms. The third-order valence-corrected chi connectivity index (χ3v) is 2.56. The first-order chi connectivity index (χ1) is 9.23. The van der Waals surface area contributed by atoms with Crippen molar-refractivity contribution in [3.05, 3.63) is 29.3 Å². The third-order valence-electron chi connectivity index (χ3n) is 2.56. The molecule has 0 aromatic heterocycles. The topological polar surface area (TPSA) is 78.6 Å². The lowest BCUT2D eigenvalue weighted by Crippen LogP contribution is -2.24. The lowest BCUT2D eigenvalue weighted by atomic mass is 10.0. The second-order valence-electron chi connectivity index (χ2n) is 5.50. The van der Waals surface area contributed by atoms with Gasteiger partial charge in [0.25, 0.3) is 0 Å². The van der Waals surface area contributed by atoms with E-state index in [0.717, 1.165) is 5.56 Å². The zero-order valence-electron chi connectivity index (χ0n) is 12.4. The second kappa shape index (κ2) is 6.41. The van der Waals surface area contributed by atoms with Gasteiger partial charge in [-0.25, -0.2) is 4.79 Å². The molecule has 0 heterocycles. The first-order valence-corrected chi connectivity index (χ1v) is 6.41. The molecule has 0 aliphatic rings. The molecule has 0 radical (unpaired) electrons. The van der Waals surface area contributed by atoms with Gasteiger partial charge in [0, 0.05) is 12.1 Å². The van der Waals surface area contributed by atoms with Crippen LogP contribution in [-0.4, -0.2) is 24.6 Å². The number of ether oxygens (including phenoxy) is 2. The molecular formula is C15H21NO4. The Balaban J connectivity index is 2.70.